The Bertz CT molecular complexity index is 163. The summed E-state index contributed by atoms with van der Waals surface area (Å²) >= 11 is 0. The molecule has 0 aromatic rings. The Morgan fingerprint density at radius 2 is 2.13 bits per heavy atom. The summed E-state index contributed by atoms with van der Waals surface area (Å²) in [5, 5.41) is 6.04. The standard InChI is InChI=1S/C11H24N2O2/c1-4-6-7-15-9-11(14)13-8-10(3)12-5-2/h10,12H,4-9H2,1-3H3,(H,13,14)/t10-/m1/s1. The smallest absolute Gasteiger partial charge is 0.246 e. The molecule has 2 N–H and O–H groups in total. The van der Waals surface area contributed by atoms with Crippen LogP contribution in [0.15, 0.2) is 0 Å². The van der Waals surface area contributed by atoms with Crippen LogP contribution < -0.4 is 10.6 Å². The number of carbonyl (C=O) groups is 1. The highest BCUT2D eigenvalue weighted by Crippen LogP contribution is 1.87. The van der Waals surface area contributed by atoms with Gasteiger partial charge >= 0.3 is 0 Å². The number of likely N-dealkylation sites (N-methyl/N-ethyl adjacent to an activating group) is 1. The predicted molar refractivity (Wildman–Crippen MR) is 61.9 cm³/mol. The topological polar surface area (TPSA) is 50.4 Å². The minimum atomic E-state index is -0.0316. The van der Waals surface area contributed by atoms with E-state index in [0.29, 0.717) is 19.2 Å². The fraction of sp³-hybridized carbons (Fsp3) is 0.909. The predicted octanol–water partition coefficient (Wildman–Crippen LogP) is 0.917. The summed E-state index contributed by atoms with van der Waals surface area (Å²) in [6.07, 6.45) is 2.11. The molecule has 4 nitrogen and oxygen atoms in total. The van der Waals surface area contributed by atoms with Gasteiger partial charge in [0.15, 0.2) is 0 Å². The van der Waals surface area contributed by atoms with Crippen LogP contribution in [-0.4, -0.2) is 38.3 Å². The lowest BCUT2D eigenvalue weighted by atomic mass is 10.3. The van der Waals surface area contributed by atoms with Crippen molar-refractivity contribution in [2.45, 2.75) is 39.7 Å². The first-order valence-corrected chi connectivity index (χ1v) is 5.78. The molecule has 0 aliphatic rings. The first-order valence-electron chi connectivity index (χ1n) is 5.78. The molecule has 0 radical (unpaired) electrons. The van der Waals surface area contributed by atoms with Crippen LogP contribution in [0.3, 0.4) is 0 Å². The maximum atomic E-state index is 11.3. The molecule has 0 saturated carbocycles. The van der Waals surface area contributed by atoms with E-state index in [1.807, 2.05) is 13.8 Å². The van der Waals surface area contributed by atoms with Gasteiger partial charge in [0.2, 0.25) is 5.91 Å². The van der Waals surface area contributed by atoms with Crippen LogP contribution in [0.2, 0.25) is 0 Å². The average molecular weight is 216 g/mol. The molecule has 1 amide bonds. The van der Waals surface area contributed by atoms with Crippen molar-refractivity contribution in [2.75, 3.05) is 26.3 Å². The number of unbranched alkanes of at least 4 members (excludes halogenated alkanes) is 1. The summed E-state index contributed by atoms with van der Waals surface area (Å²) in [6, 6.07) is 0.314. The Hall–Kier alpha value is -0.610. The Morgan fingerprint density at radius 1 is 1.40 bits per heavy atom. The van der Waals surface area contributed by atoms with Gasteiger partial charge in [0.05, 0.1) is 0 Å². The van der Waals surface area contributed by atoms with Crippen molar-refractivity contribution in [1.29, 1.82) is 0 Å². The molecule has 1 atom stereocenters. The Morgan fingerprint density at radius 3 is 2.73 bits per heavy atom. The third-order valence-electron chi connectivity index (χ3n) is 2.03. The average Bonchev–Trinajstić information content (AvgIpc) is 2.22. The van der Waals surface area contributed by atoms with Crippen molar-refractivity contribution >= 4 is 5.91 Å². The van der Waals surface area contributed by atoms with E-state index >= 15 is 0 Å². The molecule has 0 aromatic heterocycles. The highest BCUT2D eigenvalue weighted by Gasteiger charge is 2.03. The second-order valence-corrected chi connectivity index (χ2v) is 3.67. The zero-order chi connectivity index (χ0) is 11.5. The molecule has 0 unspecified atom stereocenters. The lowest BCUT2D eigenvalue weighted by Crippen LogP contribution is -2.40. The summed E-state index contributed by atoms with van der Waals surface area (Å²) in [4.78, 5) is 11.3. The molecule has 0 rings (SSSR count). The molecule has 0 spiro atoms. The van der Waals surface area contributed by atoms with Crippen molar-refractivity contribution in [3.8, 4) is 0 Å². The van der Waals surface area contributed by atoms with Gasteiger partial charge in [-0.3, -0.25) is 4.79 Å². The van der Waals surface area contributed by atoms with Crippen molar-refractivity contribution in [3.05, 3.63) is 0 Å². The molecule has 0 bridgehead atoms. The van der Waals surface area contributed by atoms with Crippen molar-refractivity contribution in [3.63, 3.8) is 0 Å². The third-order valence-corrected chi connectivity index (χ3v) is 2.03. The van der Waals surface area contributed by atoms with Gasteiger partial charge in [-0.05, 0) is 19.9 Å². The van der Waals surface area contributed by atoms with E-state index in [-0.39, 0.29) is 12.5 Å². The van der Waals surface area contributed by atoms with Crippen LogP contribution >= 0.6 is 0 Å². The number of hydrogen-bond acceptors (Lipinski definition) is 3. The lowest BCUT2D eigenvalue weighted by Gasteiger charge is -2.13. The molecule has 0 heterocycles. The summed E-state index contributed by atoms with van der Waals surface area (Å²) in [7, 11) is 0. The number of ether oxygens (including phenoxy) is 1. The molecule has 4 heteroatoms. The normalized spacial score (nSPS) is 12.5. The van der Waals surface area contributed by atoms with E-state index in [0.717, 1.165) is 19.4 Å². The van der Waals surface area contributed by atoms with Gasteiger partial charge in [-0.2, -0.15) is 0 Å². The lowest BCUT2D eigenvalue weighted by molar-refractivity contribution is -0.125. The molecule has 0 saturated heterocycles. The molecule has 90 valence electrons. The van der Waals surface area contributed by atoms with Gasteiger partial charge in [0.25, 0.3) is 0 Å². The van der Waals surface area contributed by atoms with Crippen LogP contribution in [0.25, 0.3) is 0 Å². The summed E-state index contributed by atoms with van der Waals surface area (Å²) in [5.41, 5.74) is 0. The molecule has 0 aliphatic carbocycles. The maximum absolute atomic E-state index is 11.3. The van der Waals surface area contributed by atoms with Gasteiger partial charge in [-0.1, -0.05) is 20.3 Å². The first kappa shape index (κ1) is 14.4. The molecule has 15 heavy (non-hydrogen) atoms. The van der Waals surface area contributed by atoms with E-state index in [9.17, 15) is 4.79 Å². The van der Waals surface area contributed by atoms with E-state index in [4.69, 9.17) is 4.74 Å². The van der Waals surface area contributed by atoms with E-state index < -0.39 is 0 Å². The fourth-order valence-corrected chi connectivity index (χ4v) is 1.15. The van der Waals surface area contributed by atoms with Crippen molar-refractivity contribution < 1.29 is 9.53 Å². The molecule has 0 aliphatic heterocycles. The third kappa shape index (κ3) is 9.69. The zero-order valence-electron chi connectivity index (χ0n) is 10.1. The number of rotatable bonds is 9. The van der Waals surface area contributed by atoms with Gasteiger partial charge in [-0.25, -0.2) is 0 Å². The van der Waals surface area contributed by atoms with Gasteiger partial charge in [0, 0.05) is 19.2 Å². The SMILES string of the molecule is CCCCOCC(=O)NC[C@@H](C)NCC. The fourth-order valence-electron chi connectivity index (χ4n) is 1.15. The minimum Gasteiger partial charge on any atom is -0.372 e. The summed E-state index contributed by atoms with van der Waals surface area (Å²) < 4.78 is 5.20. The van der Waals surface area contributed by atoms with Crippen LogP contribution in [0, 0.1) is 0 Å². The molecular formula is C11H24N2O2. The largest absolute Gasteiger partial charge is 0.372 e. The van der Waals surface area contributed by atoms with E-state index in [1.165, 1.54) is 0 Å². The number of amides is 1. The number of carbonyl (C=O) groups excluding carboxylic acids is 1. The summed E-state index contributed by atoms with van der Waals surface area (Å²) in [6.45, 7) is 8.62. The zero-order valence-corrected chi connectivity index (χ0v) is 10.1. The minimum absolute atomic E-state index is 0.0316. The van der Waals surface area contributed by atoms with Crippen LogP contribution in [-0.2, 0) is 9.53 Å². The number of hydrogen-bond donors (Lipinski definition) is 2. The van der Waals surface area contributed by atoms with Crippen molar-refractivity contribution in [2.24, 2.45) is 0 Å². The van der Waals surface area contributed by atoms with Crippen LogP contribution in [0.4, 0.5) is 0 Å². The number of nitrogens with one attached hydrogen (secondary N) is 2. The highest BCUT2D eigenvalue weighted by atomic mass is 16.5. The second-order valence-electron chi connectivity index (χ2n) is 3.67. The Balaban J connectivity index is 3.32. The highest BCUT2D eigenvalue weighted by molar-refractivity contribution is 5.77. The van der Waals surface area contributed by atoms with Gasteiger partial charge in [0.1, 0.15) is 6.61 Å². The van der Waals surface area contributed by atoms with Gasteiger partial charge < -0.3 is 15.4 Å². The Labute approximate surface area is 92.8 Å². The quantitative estimate of drug-likeness (QED) is 0.563. The van der Waals surface area contributed by atoms with Gasteiger partial charge in [-0.15, -0.1) is 0 Å². The second kappa shape index (κ2) is 9.93. The maximum Gasteiger partial charge on any atom is 0.246 e. The monoisotopic (exact) mass is 216 g/mol. The Kier molecular flexibility index (Phi) is 9.52. The van der Waals surface area contributed by atoms with E-state index in [1.54, 1.807) is 0 Å². The molecular weight excluding hydrogens is 192 g/mol. The molecule has 0 fully saturated rings. The van der Waals surface area contributed by atoms with Crippen molar-refractivity contribution in [1.82, 2.24) is 10.6 Å². The van der Waals surface area contributed by atoms with Crippen LogP contribution in [0.1, 0.15) is 33.6 Å². The first-order chi connectivity index (χ1) is 7.20. The molecule has 0 aromatic carbocycles. The van der Waals surface area contributed by atoms with E-state index in [2.05, 4.69) is 17.6 Å². The summed E-state index contributed by atoms with van der Waals surface area (Å²) in [5.74, 6) is -0.0316. The van der Waals surface area contributed by atoms with Crippen LogP contribution in [0.5, 0.6) is 0 Å².